The molecule has 0 amide bonds. The lowest BCUT2D eigenvalue weighted by atomic mass is 10.2. The van der Waals surface area contributed by atoms with Crippen LogP contribution in [0.4, 0.5) is 11.4 Å². The maximum atomic E-state index is 12.9. The van der Waals surface area contributed by atoms with Crippen LogP contribution in [0.3, 0.4) is 0 Å². The number of nitrogens with two attached hydrogens (primary N) is 1. The molecule has 0 aliphatic rings. The van der Waals surface area contributed by atoms with Crippen LogP contribution in [-0.4, -0.2) is 19.9 Å². The first-order valence-corrected chi connectivity index (χ1v) is 8.59. The van der Waals surface area contributed by atoms with Gasteiger partial charge in [-0.05, 0) is 43.7 Å². The van der Waals surface area contributed by atoms with Gasteiger partial charge in [-0.25, -0.2) is 8.42 Å². The Bertz CT molecular complexity index is 748. The van der Waals surface area contributed by atoms with Crippen LogP contribution in [0.2, 0.25) is 0 Å². The lowest BCUT2D eigenvalue weighted by Gasteiger charge is -2.24. The van der Waals surface area contributed by atoms with Gasteiger partial charge in [0.2, 0.25) is 0 Å². The molecule has 1 heterocycles. The molecule has 112 valence electrons. The van der Waals surface area contributed by atoms with E-state index in [1.807, 2.05) is 0 Å². The van der Waals surface area contributed by atoms with Crippen LogP contribution in [0.25, 0.3) is 0 Å². The monoisotopic (exact) mass is 369 g/mol. The summed E-state index contributed by atoms with van der Waals surface area (Å²) in [6.45, 7) is 3.81. The summed E-state index contributed by atoms with van der Waals surface area (Å²) < 4.78 is 27.8. The van der Waals surface area contributed by atoms with Crippen LogP contribution in [0.1, 0.15) is 12.5 Å². The van der Waals surface area contributed by atoms with E-state index in [0.29, 0.717) is 28.0 Å². The van der Waals surface area contributed by atoms with Crippen molar-refractivity contribution in [2.75, 3.05) is 16.6 Å². The molecule has 21 heavy (non-hydrogen) atoms. The molecule has 0 saturated carbocycles. The summed E-state index contributed by atoms with van der Waals surface area (Å²) in [5.74, 6) is 0. The molecule has 0 spiro atoms. The Balaban J connectivity index is 2.61. The second kappa shape index (κ2) is 6.03. The largest absolute Gasteiger partial charge is 0.398 e. The van der Waals surface area contributed by atoms with Crippen molar-refractivity contribution in [3.8, 4) is 0 Å². The Morgan fingerprint density at radius 1 is 1.29 bits per heavy atom. The zero-order valence-corrected chi connectivity index (χ0v) is 14.1. The number of aromatic nitrogens is 1. The molecule has 0 radical (unpaired) electrons. The number of halogens is 1. The SMILES string of the molecule is CCN(c1ccncc1)S(=O)(=O)c1cc(Br)cc(N)c1C. The minimum Gasteiger partial charge on any atom is -0.398 e. The average Bonchev–Trinajstić information content (AvgIpc) is 2.44. The smallest absolute Gasteiger partial charge is 0.264 e. The number of benzene rings is 1. The molecule has 2 rings (SSSR count). The number of pyridine rings is 1. The van der Waals surface area contributed by atoms with Crippen LogP contribution in [0.5, 0.6) is 0 Å². The fourth-order valence-electron chi connectivity index (χ4n) is 2.06. The quantitative estimate of drug-likeness (QED) is 0.840. The molecule has 7 heteroatoms. The molecule has 0 bridgehead atoms. The highest BCUT2D eigenvalue weighted by molar-refractivity contribution is 9.10. The van der Waals surface area contributed by atoms with E-state index in [2.05, 4.69) is 20.9 Å². The molecule has 0 saturated heterocycles. The molecule has 0 aliphatic carbocycles. The highest BCUT2D eigenvalue weighted by Gasteiger charge is 2.26. The van der Waals surface area contributed by atoms with Crippen LogP contribution < -0.4 is 10.0 Å². The fourth-order valence-corrected chi connectivity index (χ4v) is 4.45. The minimum absolute atomic E-state index is 0.202. The van der Waals surface area contributed by atoms with Gasteiger partial charge in [-0.3, -0.25) is 9.29 Å². The maximum absolute atomic E-state index is 12.9. The first-order chi connectivity index (χ1) is 9.87. The first-order valence-electron chi connectivity index (χ1n) is 6.36. The van der Waals surface area contributed by atoms with E-state index in [1.54, 1.807) is 50.5 Å². The summed E-state index contributed by atoms with van der Waals surface area (Å²) in [5, 5.41) is 0. The van der Waals surface area contributed by atoms with Gasteiger partial charge < -0.3 is 5.73 Å². The summed E-state index contributed by atoms with van der Waals surface area (Å²) in [6, 6.07) is 6.59. The standard InChI is InChI=1S/C14H16BrN3O2S/c1-3-18(12-4-6-17-7-5-12)21(19,20)14-9-11(15)8-13(16)10(14)2/h4-9H,3,16H2,1-2H3. The number of nitrogens with zero attached hydrogens (tertiary/aromatic N) is 2. The van der Waals surface area contributed by atoms with E-state index < -0.39 is 10.0 Å². The number of hydrogen-bond donors (Lipinski definition) is 1. The number of rotatable bonds is 4. The van der Waals surface area contributed by atoms with Crippen molar-refractivity contribution in [3.05, 3.63) is 46.7 Å². The van der Waals surface area contributed by atoms with Gasteiger partial charge in [-0.15, -0.1) is 0 Å². The Morgan fingerprint density at radius 3 is 2.48 bits per heavy atom. The van der Waals surface area contributed by atoms with E-state index in [0.717, 1.165) is 0 Å². The van der Waals surface area contributed by atoms with Gasteiger partial charge in [0.15, 0.2) is 0 Å². The van der Waals surface area contributed by atoms with E-state index >= 15 is 0 Å². The molecule has 2 aromatic rings. The fraction of sp³-hybridized carbons (Fsp3) is 0.214. The van der Waals surface area contributed by atoms with Crippen LogP contribution in [-0.2, 0) is 10.0 Å². The second-order valence-electron chi connectivity index (χ2n) is 4.49. The van der Waals surface area contributed by atoms with Crippen molar-refractivity contribution in [3.63, 3.8) is 0 Å². The molecule has 0 unspecified atom stereocenters. The summed E-state index contributed by atoms with van der Waals surface area (Å²) in [5.41, 5.74) is 7.44. The van der Waals surface area contributed by atoms with Gasteiger partial charge >= 0.3 is 0 Å². The Kier molecular flexibility index (Phi) is 4.53. The summed E-state index contributed by atoms with van der Waals surface area (Å²) in [7, 11) is -3.68. The lowest BCUT2D eigenvalue weighted by molar-refractivity contribution is 0.591. The second-order valence-corrected chi connectivity index (χ2v) is 7.24. The van der Waals surface area contributed by atoms with Crippen molar-refractivity contribution in [1.29, 1.82) is 0 Å². The molecule has 0 aliphatic heterocycles. The predicted molar refractivity (Wildman–Crippen MR) is 87.7 cm³/mol. The average molecular weight is 370 g/mol. The molecule has 1 aromatic carbocycles. The van der Waals surface area contributed by atoms with Gasteiger partial charge in [-0.2, -0.15) is 0 Å². The number of anilines is 2. The molecule has 5 nitrogen and oxygen atoms in total. The third kappa shape index (κ3) is 3.03. The summed E-state index contributed by atoms with van der Waals surface area (Å²) in [4.78, 5) is 4.12. The Labute approximate surface area is 133 Å². The molecule has 2 N–H and O–H groups in total. The zero-order valence-electron chi connectivity index (χ0n) is 11.7. The van der Waals surface area contributed by atoms with Crippen LogP contribution in [0, 0.1) is 6.92 Å². The van der Waals surface area contributed by atoms with Crippen LogP contribution >= 0.6 is 15.9 Å². The number of nitrogen functional groups attached to an aromatic ring is 1. The van der Waals surface area contributed by atoms with Crippen LogP contribution in [0.15, 0.2) is 46.0 Å². The molecule has 1 aromatic heterocycles. The summed E-state index contributed by atoms with van der Waals surface area (Å²) in [6.07, 6.45) is 3.13. The van der Waals surface area contributed by atoms with Gasteiger partial charge in [0, 0.05) is 29.1 Å². The number of sulfonamides is 1. The predicted octanol–water partition coefficient (Wildman–Crippen LogP) is 2.95. The van der Waals surface area contributed by atoms with E-state index in [4.69, 9.17) is 5.73 Å². The minimum atomic E-state index is -3.68. The van der Waals surface area contributed by atoms with Crippen molar-refractivity contribution < 1.29 is 8.42 Å². The van der Waals surface area contributed by atoms with Crippen molar-refractivity contribution in [2.24, 2.45) is 0 Å². The van der Waals surface area contributed by atoms with E-state index in [9.17, 15) is 8.42 Å². The number of hydrogen-bond acceptors (Lipinski definition) is 4. The van der Waals surface area contributed by atoms with Gasteiger partial charge in [0.1, 0.15) is 0 Å². The third-order valence-electron chi connectivity index (χ3n) is 3.17. The normalized spacial score (nSPS) is 11.4. The Morgan fingerprint density at radius 2 is 1.90 bits per heavy atom. The molecular weight excluding hydrogens is 354 g/mol. The van der Waals surface area contributed by atoms with E-state index in [1.165, 1.54) is 4.31 Å². The third-order valence-corrected chi connectivity index (χ3v) is 5.66. The van der Waals surface area contributed by atoms with Gasteiger partial charge in [0.25, 0.3) is 10.0 Å². The highest BCUT2D eigenvalue weighted by Crippen LogP contribution is 2.30. The summed E-state index contributed by atoms with van der Waals surface area (Å²) >= 11 is 3.29. The van der Waals surface area contributed by atoms with Crippen molar-refractivity contribution in [1.82, 2.24) is 4.98 Å². The maximum Gasteiger partial charge on any atom is 0.264 e. The Hall–Kier alpha value is -1.60. The van der Waals surface area contributed by atoms with Crippen molar-refractivity contribution >= 4 is 37.3 Å². The molecular formula is C14H16BrN3O2S. The topological polar surface area (TPSA) is 76.3 Å². The zero-order chi connectivity index (χ0) is 15.6. The highest BCUT2D eigenvalue weighted by atomic mass is 79.9. The van der Waals surface area contributed by atoms with Gasteiger partial charge in [0.05, 0.1) is 10.6 Å². The van der Waals surface area contributed by atoms with E-state index in [-0.39, 0.29) is 4.90 Å². The lowest BCUT2D eigenvalue weighted by Crippen LogP contribution is -2.31. The molecule has 0 atom stereocenters. The van der Waals surface area contributed by atoms with Gasteiger partial charge in [-0.1, -0.05) is 15.9 Å². The molecule has 0 fully saturated rings. The van der Waals surface area contributed by atoms with Crippen molar-refractivity contribution in [2.45, 2.75) is 18.7 Å². The first kappa shape index (κ1) is 15.8.